The van der Waals surface area contributed by atoms with Crippen molar-refractivity contribution in [2.75, 3.05) is 17.7 Å². The molecule has 0 saturated heterocycles. The fourth-order valence-corrected chi connectivity index (χ4v) is 2.64. The standard InChI is InChI=1S/C21H22N4O2/c1-15(17-6-4-3-5-7-17)22-19-12-13-20(25-24-19)23-21(26)14-16-8-10-18(27-2)11-9-16/h3-13,15H,14H2,1-2H3,(H,22,24)(H,23,25,26). The van der Waals surface area contributed by atoms with Gasteiger partial charge in [0.2, 0.25) is 5.91 Å². The van der Waals surface area contributed by atoms with Crippen LogP contribution in [0.4, 0.5) is 11.6 Å². The van der Waals surface area contributed by atoms with Gasteiger partial charge in [-0.05, 0) is 42.3 Å². The van der Waals surface area contributed by atoms with Crippen LogP contribution in [-0.4, -0.2) is 23.2 Å². The number of nitrogens with zero attached hydrogens (tertiary/aromatic N) is 2. The number of amides is 1. The molecule has 0 aliphatic heterocycles. The smallest absolute Gasteiger partial charge is 0.229 e. The molecule has 3 aromatic rings. The van der Waals surface area contributed by atoms with Crippen molar-refractivity contribution in [2.24, 2.45) is 0 Å². The zero-order chi connectivity index (χ0) is 19.1. The van der Waals surface area contributed by atoms with Crippen LogP contribution in [0.2, 0.25) is 0 Å². The van der Waals surface area contributed by atoms with Crippen LogP contribution < -0.4 is 15.4 Å². The van der Waals surface area contributed by atoms with Gasteiger partial charge in [0.05, 0.1) is 13.5 Å². The van der Waals surface area contributed by atoms with E-state index in [1.807, 2.05) is 42.5 Å². The Morgan fingerprint density at radius 1 is 0.963 bits per heavy atom. The summed E-state index contributed by atoms with van der Waals surface area (Å²) in [5.41, 5.74) is 2.06. The first-order valence-electron chi connectivity index (χ1n) is 8.72. The van der Waals surface area contributed by atoms with E-state index in [1.54, 1.807) is 19.2 Å². The summed E-state index contributed by atoms with van der Waals surface area (Å²) in [6, 6.07) is 21.1. The Balaban J connectivity index is 1.54. The number of nitrogens with one attached hydrogen (secondary N) is 2. The lowest BCUT2D eigenvalue weighted by Gasteiger charge is -2.14. The minimum absolute atomic E-state index is 0.107. The van der Waals surface area contributed by atoms with E-state index in [9.17, 15) is 4.79 Å². The molecule has 1 aromatic heterocycles. The maximum Gasteiger partial charge on any atom is 0.229 e. The minimum atomic E-state index is -0.146. The molecule has 1 amide bonds. The molecule has 0 radical (unpaired) electrons. The predicted molar refractivity (Wildman–Crippen MR) is 106 cm³/mol. The second-order valence-electron chi connectivity index (χ2n) is 6.15. The Kier molecular flexibility index (Phi) is 5.99. The van der Waals surface area contributed by atoms with Crippen LogP contribution in [0.1, 0.15) is 24.1 Å². The number of carbonyl (C=O) groups is 1. The minimum Gasteiger partial charge on any atom is -0.497 e. The summed E-state index contributed by atoms with van der Waals surface area (Å²) < 4.78 is 5.11. The Morgan fingerprint density at radius 3 is 2.26 bits per heavy atom. The zero-order valence-electron chi connectivity index (χ0n) is 15.3. The third kappa shape index (κ3) is 5.28. The molecule has 0 spiro atoms. The second kappa shape index (κ2) is 8.80. The molecule has 27 heavy (non-hydrogen) atoms. The average Bonchev–Trinajstić information content (AvgIpc) is 2.70. The number of methoxy groups -OCH3 is 1. The van der Waals surface area contributed by atoms with Crippen molar-refractivity contribution in [1.29, 1.82) is 0 Å². The van der Waals surface area contributed by atoms with Crippen molar-refractivity contribution in [3.63, 3.8) is 0 Å². The summed E-state index contributed by atoms with van der Waals surface area (Å²) in [6.45, 7) is 2.06. The van der Waals surface area contributed by atoms with Gasteiger partial charge in [-0.1, -0.05) is 42.5 Å². The predicted octanol–water partition coefficient (Wildman–Crippen LogP) is 3.84. The first kappa shape index (κ1) is 18.4. The Morgan fingerprint density at radius 2 is 1.63 bits per heavy atom. The molecule has 6 heteroatoms. The molecule has 2 aromatic carbocycles. The van der Waals surface area contributed by atoms with Gasteiger partial charge >= 0.3 is 0 Å². The van der Waals surface area contributed by atoms with Gasteiger partial charge in [0, 0.05) is 6.04 Å². The zero-order valence-corrected chi connectivity index (χ0v) is 15.3. The highest BCUT2D eigenvalue weighted by Gasteiger charge is 2.08. The van der Waals surface area contributed by atoms with E-state index >= 15 is 0 Å². The van der Waals surface area contributed by atoms with E-state index in [4.69, 9.17) is 4.74 Å². The summed E-state index contributed by atoms with van der Waals surface area (Å²) in [5.74, 6) is 1.69. The van der Waals surface area contributed by atoms with Crippen molar-refractivity contribution < 1.29 is 9.53 Å². The quantitative estimate of drug-likeness (QED) is 0.668. The van der Waals surface area contributed by atoms with Crippen molar-refractivity contribution in [2.45, 2.75) is 19.4 Å². The third-order valence-electron chi connectivity index (χ3n) is 4.12. The van der Waals surface area contributed by atoms with Gasteiger partial charge in [0.15, 0.2) is 5.82 Å². The first-order chi connectivity index (χ1) is 13.1. The molecule has 2 N–H and O–H groups in total. The Labute approximate surface area is 158 Å². The Hall–Kier alpha value is -3.41. The number of rotatable bonds is 7. The molecule has 0 aliphatic rings. The molecule has 0 aliphatic carbocycles. The van der Waals surface area contributed by atoms with Crippen LogP contribution in [0.25, 0.3) is 0 Å². The van der Waals surface area contributed by atoms with Gasteiger partial charge in [-0.15, -0.1) is 10.2 Å². The fourth-order valence-electron chi connectivity index (χ4n) is 2.64. The van der Waals surface area contributed by atoms with Crippen LogP contribution in [0.5, 0.6) is 5.75 Å². The number of hydrogen-bond acceptors (Lipinski definition) is 5. The molecular weight excluding hydrogens is 340 g/mol. The SMILES string of the molecule is COc1ccc(CC(=O)Nc2ccc(NC(C)c3ccccc3)nn2)cc1. The molecule has 3 rings (SSSR count). The third-order valence-corrected chi connectivity index (χ3v) is 4.12. The van der Waals surface area contributed by atoms with Gasteiger partial charge in [-0.3, -0.25) is 4.79 Å². The number of anilines is 2. The van der Waals surface area contributed by atoms with E-state index in [0.717, 1.165) is 16.9 Å². The highest BCUT2D eigenvalue weighted by Crippen LogP contribution is 2.17. The number of carbonyl (C=O) groups excluding carboxylic acids is 1. The highest BCUT2D eigenvalue weighted by atomic mass is 16.5. The molecule has 1 unspecified atom stereocenters. The van der Waals surface area contributed by atoms with Crippen molar-refractivity contribution >= 4 is 17.5 Å². The molecule has 1 heterocycles. The number of ether oxygens (including phenoxy) is 1. The molecule has 6 nitrogen and oxygen atoms in total. The van der Waals surface area contributed by atoms with E-state index in [-0.39, 0.29) is 18.4 Å². The summed E-state index contributed by atoms with van der Waals surface area (Å²) in [4.78, 5) is 12.2. The van der Waals surface area contributed by atoms with Gasteiger partial charge < -0.3 is 15.4 Å². The van der Waals surface area contributed by atoms with E-state index in [2.05, 4.69) is 39.9 Å². The molecular formula is C21H22N4O2. The topological polar surface area (TPSA) is 76.1 Å². The van der Waals surface area contributed by atoms with E-state index in [1.165, 1.54) is 0 Å². The average molecular weight is 362 g/mol. The van der Waals surface area contributed by atoms with E-state index < -0.39 is 0 Å². The number of hydrogen-bond donors (Lipinski definition) is 2. The first-order valence-corrected chi connectivity index (χ1v) is 8.72. The molecule has 1 atom stereocenters. The largest absolute Gasteiger partial charge is 0.497 e. The second-order valence-corrected chi connectivity index (χ2v) is 6.15. The van der Waals surface area contributed by atoms with Gasteiger partial charge in [0.25, 0.3) is 0 Å². The molecule has 0 fully saturated rings. The maximum absolute atomic E-state index is 12.2. The summed E-state index contributed by atoms with van der Waals surface area (Å²) in [5, 5.41) is 14.3. The lowest BCUT2D eigenvalue weighted by Crippen LogP contribution is -2.16. The van der Waals surface area contributed by atoms with Crippen LogP contribution in [0.3, 0.4) is 0 Å². The number of benzene rings is 2. The van der Waals surface area contributed by atoms with Gasteiger partial charge in [-0.25, -0.2) is 0 Å². The Bertz CT molecular complexity index is 865. The van der Waals surface area contributed by atoms with Crippen molar-refractivity contribution in [3.05, 3.63) is 77.9 Å². The van der Waals surface area contributed by atoms with Crippen LogP contribution in [0, 0.1) is 0 Å². The monoisotopic (exact) mass is 362 g/mol. The summed E-state index contributed by atoms with van der Waals surface area (Å²) in [6.07, 6.45) is 0.261. The van der Waals surface area contributed by atoms with E-state index in [0.29, 0.717) is 11.6 Å². The lowest BCUT2D eigenvalue weighted by atomic mass is 10.1. The van der Waals surface area contributed by atoms with Gasteiger partial charge in [0.1, 0.15) is 11.6 Å². The molecule has 0 saturated carbocycles. The summed E-state index contributed by atoms with van der Waals surface area (Å²) >= 11 is 0. The normalized spacial score (nSPS) is 11.5. The van der Waals surface area contributed by atoms with Gasteiger partial charge in [-0.2, -0.15) is 0 Å². The van der Waals surface area contributed by atoms with Crippen LogP contribution >= 0.6 is 0 Å². The number of aromatic nitrogens is 2. The fraction of sp³-hybridized carbons (Fsp3) is 0.190. The molecule has 138 valence electrons. The highest BCUT2D eigenvalue weighted by molar-refractivity contribution is 5.91. The molecule has 0 bridgehead atoms. The lowest BCUT2D eigenvalue weighted by molar-refractivity contribution is -0.115. The van der Waals surface area contributed by atoms with Crippen LogP contribution in [-0.2, 0) is 11.2 Å². The van der Waals surface area contributed by atoms with Crippen molar-refractivity contribution in [1.82, 2.24) is 10.2 Å². The summed E-state index contributed by atoms with van der Waals surface area (Å²) in [7, 11) is 1.61. The van der Waals surface area contributed by atoms with Crippen LogP contribution in [0.15, 0.2) is 66.7 Å². The maximum atomic E-state index is 12.2. The van der Waals surface area contributed by atoms with Crippen molar-refractivity contribution in [3.8, 4) is 5.75 Å².